The smallest absolute Gasteiger partial charge is 0.303 e. The minimum atomic E-state index is -0.868. The summed E-state index contributed by atoms with van der Waals surface area (Å²) in [7, 11) is 1.67. The molecule has 106 valence electrons. The zero-order valence-corrected chi connectivity index (χ0v) is 11.4. The van der Waals surface area contributed by atoms with Crippen molar-refractivity contribution in [2.24, 2.45) is 5.92 Å². The summed E-state index contributed by atoms with van der Waals surface area (Å²) in [4.78, 5) is 14.8. The zero-order valence-electron chi connectivity index (χ0n) is 11.4. The summed E-state index contributed by atoms with van der Waals surface area (Å²) in [6, 6.07) is 0. The van der Waals surface area contributed by atoms with Gasteiger partial charge in [0.25, 0.3) is 0 Å². The van der Waals surface area contributed by atoms with Gasteiger partial charge in [0.2, 0.25) is 11.7 Å². The number of ether oxygens (including phenoxy) is 1. The summed E-state index contributed by atoms with van der Waals surface area (Å²) in [5.74, 6) is 0.621. The van der Waals surface area contributed by atoms with Gasteiger partial charge in [0.1, 0.15) is 5.60 Å². The second-order valence-corrected chi connectivity index (χ2v) is 5.31. The number of carboxylic acids is 1. The molecule has 2 atom stereocenters. The fourth-order valence-electron chi connectivity index (χ4n) is 2.74. The average molecular weight is 268 g/mol. The van der Waals surface area contributed by atoms with Crippen LogP contribution in [0, 0.1) is 5.92 Å². The van der Waals surface area contributed by atoms with E-state index in [1.807, 2.05) is 0 Å². The molecular weight excluding hydrogens is 248 g/mol. The number of rotatable bonds is 5. The van der Waals surface area contributed by atoms with Crippen LogP contribution in [0.4, 0.5) is 0 Å². The maximum Gasteiger partial charge on any atom is 0.303 e. The van der Waals surface area contributed by atoms with Crippen LogP contribution in [0.2, 0.25) is 0 Å². The van der Waals surface area contributed by atoms with Crippen molar-refractivity contribution in [3.05, 3.63) is 11.7 Å². The lowest BCUT2D eigenvalue weighted by atomic mass is 9.78. The first-order valence-corrected chi connectivity index (χ1v) is 6.66. The molecule has 0 spiro atoms. The molecule has 6 heteroatoms. The number of hydrogen-bond donors (Lipinski definition) is 1. The van der Waals surface area contributed by atoms with Crippen LogP contribution in [0.15, 0.2) is 4.52 Å². The maximum atomic E-state index is 10.5. The van der Waals surface area contributed by atoms with E-state index in [4.69, 9.17) is 14.4 Å². The molecule has 0 aromatic carbocycles. The highest BCUT2D eigenvalue weighted by molar-refractivity contribution is 5.66. The van der Waals surface area contributed by atoms with Gasteiger partial charge in [-0.25, -0.2) is 0 Å². The molecule has 19 heavy (non-hydrogen) atoms. The van der Waals surface area contributed by atoms with Crippen LogP contribution < -0.4 is 0 Å². The number of aryl methyl sites for hydroxylation is 1. The molecule has 1 aromatic heterocycles. The Labute approximate surface area is 112 Å². The highest BCUT2D eigenvalue weighted by Gasteiger charge is 2.40. The molecule has 6 nitrogen and oxygen atoms in total. The van der Waals surface area contributed by atoms with E-state index >= 15 is 0 Å². The molecule has 2 rings (SSSR count). The van der Waals surface area contributed by atoms with Gasteiger partial charge in [-0.1, -0.05) is 18.5 Å². The van der Waals surface area contributed by atoms with Crippen LogP contribution in [-0.4, -0.2) is 28.3 Å². The molecule has 0 bridgehead atoms. The lowest BCUT2D eigenvalue weighted by Crippen LogP contribution is -2.35. The van der Waals surface area contributed by atoms with Crippen molar-refractivity contribution in [3.63, 3.8) is 0 Å². The molecule has 0 aliphatic heterocycles. The van der Waals surface area contributed by atoms with Gasteiger partial charge < -0.3 is 14.4 Å². The third-order valence-corrected chi connectivity index (χ3v) is 3.77. The second kappa shape index (κ2) is 5.69. The highest BCUT2D eigenvalue weighted by atomic mass is 16.5. The van der Waals surface area contributed by atoms with Crippen molar-refractivity contribution in [2.45, 2.75) is 51.0 Å². The van der Waals surface area contributed by atoms with E-state index in [1.165, 1.54) is 6.42 Å². The Hall–Kier alpha value is -1.43. The number of hydrogen-bond acceptors (Lipinski definition) is 5. The topological polar surface area (TPSA) is 85.5 Å². The van der Waals surface area contributed by atoms with Crippen molar-refractivity contribution < 1.29 is 19.2 Å². The molecule has 1 saturated carbocycles. The van der Waals surface area contributed by atoms with Crippen molar-refractivity contribution in [1.82, 2.24) is 10.1 Å². The molecule has 0 saturated heterocycles. The Morgan fingerprint density at radius 1 is 1.63 bits per heavy atom. The molecule has 0 amide bonds. The normalized spacial score (nSPS) is 27.4. The lowest BCUT2D eigenvalue weighted by Gasteiger charge is -2.36. The fraction of sp³-hybridized carbons (Fsp3) is 0.769. The predicted molar refractivity (Wildman–Crippen MR) is 66.6 cm³/mol. The van der Waals surface area contributed by atoms with Gasteiger partial charge in [-0.3, -0.25) is 4.79 Å². The summed E-state index contributed by atoms with van der Waals surface area (Å²) in [5, 5.41) is 12.6. The van der Waals surface area contributed by atoms with Crippen LogP contribution in [-0.2, 0) is 21.6 Å². The number of aromatic nitrogens is 2. The van der Waals surface area contributed by atoms with E-state index in [2.05, 4.69) is 17.1 Å². The molecule has 1 aliphatic rings. The molecule has 1 heterocycles. The minimum absolute atomic E-state index is 0.00197. The molecule has 0 radical (unpaired) electrons. The Balaban J connectivity index is 2.12. The van der Waals surface area contributed by atoms with E-state index in [9.17, 15) is 4.79 Å². The third kappa shape index (κ3) is 3.12. The van der Waals surface area contributed by atoms with Gasteiger partial charge in [0, 0.05) is 13.5 Å². The first kappa shape index (κ1) is 14.0. The maximum absolute atomic E-state index is 10.5. The number of methoxy groups -OCH3 is 1. The van der Waals surface area contributed by atoms with Crippen LogP contribution >= 0.6 is 0 Å². The third-order valence-electron chi connectivity index (χ3n) is 3.77. The van der Waals surface area contributed by atoms with Crippen LogP contribution in [0.25, 0.3) is 0 Å². The summed E-state index contributed by atoms with van der Waals surface area (Å²) in [6.45, 7) is 2.19. The minimum Gasteiger partial charge on any atom is -0.481 e. The Morgan fingerprint density at radius 2 is 2.42 bits per heavy atom. The lowest BCUT2D eigenvalue weighted by molar-refractivity contribution is -0.137. The van der Waals surface area contributed by atoms with Gasteiger partial charge in [0.05, 0.1) is 6.42 Å². The molecule has 1 aromatic rings. The second-order valence-electron chi connectivity index (χ2n) is 5.31. The number of aliphatic carboxylic acids is 1. The monoisotopic (exact) mass is 268 g/mol. The Kier molecular flexibility index (Phi) is 4.19. The summed E-state index contributed by atoms with van der Waals surface area (Å²) >= 11 is 0. The number of carboxylic acid groups (broad SMARTS) is 1. The Morgan fingerprint density at radius 3 is 3.05 bits per heavy atom. The van der Waals surface area contributed by atoms with Gasteiger partial charge in [-0.05, 0) is 25.2 Å². The van der Waals surface area contributed by atoms with Gasteiger partial charge in [0.15, 0.2) is 0 Å². The van der Waals surface area contributed by atoms with Crippen LogP contribution in [0.5, 0.6) is 0 Å². The molecule has 2 unspecified atom stereocenters. The molecule has 1 aliphatic carbocycles. The van der Waals surface area contributed by atoms with Gasteiger partial charge in [-0.2, -0.15) is 4.98 Å². The van der Waals surface area contributed by atoms with Crippen molar-refractivity contribution >= 4 is 5.97 Å². The van der Waals surface area contributed by atoms with E-state index in [0.29, 0.717) is 17.6 Å². The summed E-state index contributed by atoms with van der Waals surface area (Å²) < 4.78 is 10.8. The quantitative estimate of drug-likeness (QED) is 0.880. The van der Waals surface area contributed by atoms with E-state index in [1.54, 1.807) is 7.11 Å². The molecule has 1 fully saturated rings. The molecular formula is C13H20N2O4. The molecule has 1 N–H and O–H groups in total. The SMILES string of the molecule is COC1(c2noc(CCC(=O)O)n2)CCCC(C)C1. The standard InChI is InChI=1S/C13H20N2O4/c1-9-4-3-7-13(8-9,18-2)12-14-10(19-15-12)5-6-11(16)17/h9H,3-8H2,1-2H3,(H,16,17). The number of nitrogens with zero attached hydrogens (tertiary/aromatic N) is 2. The summed E-state index contributed by atoms with van der Waals surface area (Å²) in [6.07, 6.45) is 4.28. The van der Waals surface area contributed by atoms with E-state index in [-0.39, 0.29) is 12.8 Å². The van der Waals surface area contributed by atoms with Crippen molar-refractivity contribution in [2.75, 3.05) is 7.11 Å². The highest BCUT2D eigenvalue weighted by Crippen LogP contribution is 2.41. The number of carbonyl (C=O) groups is 1. The van der Waals surface area contributed by atoms with Crippen molar-refractivity contribution in [1.29, 1.82) is 0 Å². The van der Waals surface area contributed by atoms with Crippen LogP contribution in [0.1, 0.15) is 50.7 Å². The van der Waals surface area contributed by atoms with Gasteiger partial charge >= 0.3 is 5.97 Å². The van der Waals surface area contributed by atoms with Crippen LogP contribution in [0.3, 0.4) is 0 Å². The first-order valence-electron chi connectivity index (χ1n) is 6.66. The van der Waals surface area contributed by atoms with E-state index < -0.39 is 11.6 Å². The predicted octanol–water partition coefficient (Wildman–Crippen LogP) is 2.14. The fourth-order valence-corrected chi connectivity index (χ4v) is 2.74. The first-order chi connectivity index (χ1) is 9.05. The largest absolute Gasteiger partial charge is 0.481 e. The van der Waals surface area contributed by atoms with Gasteiger partial charge in [-0.15, -0.1) is 0 Å². The van der Waals surface area contributed by atoms with E-state index in [0.717, 1.165) is 19.3 Å². The van der Waals surface area contributed by atoms with Crippen molar-refractivity contribution in [3.8, 4) is 0 Å². The average Bonchev–Trinajstić information content (AvgIpc) is 2.85. The zero-order chi connectivity index (χ0) is 13.9. The summed E-state index contributed by atoms with van der Waals surface area (Å²) in [5.41, 5.74) is -0.470. The Bertz CT molecular complexity index is 446.